The molecular formula is C14H20F10O4S2. The van der Waals surface area contributed by atoms with E-state index in [0.717, 1.165) is 0 Å². The Kier molecular flexibility index (Phi) is 7.15. The Morgan fingerprint density at radius 2 is 1.07 bits per heavy atom. The number of ether oxygens (including phenoxy) is 1. The fourth-order valence-corrected chi connectivity index (χ4v) is 3.08. The molecule has 4 nitrogen and oxygen atoms in total. The SMILES string of the molecule is CC(C)(C)C(F)(F)C(F)(C(C)(C)C)C(F)(F)OC(F)(C(F)(F)S)C(F)(F)S(=O)(=O)O. The summed E-state index contributed by atoms with van der Waals surface area (Å²) in [6.45, 7) is 2.69. The summed E-state index contributed by atoms with van der Waals surface area (Å²) in [5, 5.41) is -13.1. The standard InChI is InChI=1S/C14H20F10O4S2/c1-7(2,3)9(15,10(16,17)8(4,5)6)12(19,20)28-11(18,13(21,22)29)14(23,24)30(25,26)27/h29H,1-6H3,(H,25,26,27). The van der Waals surface area contributed by atoms with Gasteiger partial charge in [-0.05, 0) is 0 Å². The Bertz CT molecular complexity index is 752. The molecule has 0 aromatic heterocycles. The smallest absolute Gasteiger partial charge is 0.281 e. The van der Waals surface area contributed by atoms with Crippen LogP contribution in [0.25, 0.3) is 0 Å². The first kappa shape index (κ1) is 29.5. The lowest BCUT2D eigenvalue weighted by Gasteiger charge is -2.51. The summed E-state index contributed by atoms with van der Waals surface area (Å²) in [4.78, 5) is 0. The molecule has 0 aromatic rings. The summed E-state index contributed by atoms with van der Waals surface area (Å²) in [6, 6.07) is 0. The highest BCUT2D eigenvalue weighted by Gasteiger charge is 2.85. The molecule has 2 unspecified atom stereocenters. The maximum absolute atomic E-state index is 15.4. The van der Waals surface area contributed by atoms with Crippen LogP contribution in [0.4, 0.5) is 43.9 Å². The van der Waals surface area contributed by atoms with Gasteiger partial charge in [-0.3, -0.25) is 9.29 Å². The highest BCUT2D eigenvalue weighted by Crippen LogP contribution is 2.63. The van der Waals surface area contributed by atoms with Gasteiger partial charge >= 0.3 is 32.6 Å². The second-order valence-electron chi connectivity index (χ2n) is 8.48. The predicted octanol–water partition coefficient (Wildman–Crippen LogP) is 5.70. The molecule has 0 aliphatic rings. The Balaban J connectivity index is 7.17. The normalized spacial score (nSPS) is 19.9. The van der Waals surface area contributed by atoms with Gasteiger partial charge in [0.25, 0.3) is 11.6 Å². The Labute approximate surface area is 171 Å². The molecular weight excluding hydrogens is 486 g/mol. The number of hydrogen-bond donors (Lipinski definition) is 2. The number of rotatable bonds is 7. The van der Waals surface area contributed by atoms with E-state index in [0.29, 0.717) is 41.5 Å². The van der Waals surface area contributed by atoms with Crippen LogP contribution in [0.1, 0.15) is 41.5 Å². The average Bonchev–Trinajstić information content (AvgIpc) is 2.40. The summed E-state index contributed by atoms with van der Waals surface area (Å²) < 4.78 is 175. The third-order valence-electron chi connectivity index (χ3n) is 4.16. The van der Waals surface area contributed by atoms with E-state index in [1.54, 1.807) is 0 Å². The first-order valence-corrected chi connectivity index (χ1v) is 9.63. The zero-order chi connectivity index (χ0) is 25.2. The molecule has 0 fully saturated rings. The fraction of sp³-hybridized carbons (Fsp3) is 1.00. The van der Waals surface area contributed by atoms with E-state index in [2.05, 4.69) is 4.74 Å². The van der Waals surface area contributed by atoms with Gasteiger partial charge in [-0.2, -0.15) is 39.2 Å². The van der Waals surface area contributed by atoms with Gasteiger partial charge in [0.2, 0.25) is 0 Å². The van der Waals surface area contributed by atoms with Gasteiger partial charge in [-0.15, -0.1) is 0 Å². The Morgan fingerprint density at radius 3 is 1.27 bits per heavy atom. The maximum Gasteiger partial charge on any atom is 0.434 e. The van der Waals surface area contributed by atoms with E-state index in [4.69, 9.17) is 4.55 Å². The molecule has 0 bridgehead atoms. The van der Waals surface area contributed by atoms with Gasteiger partial charge in [0.15, 0.2) is 0 Å². The van der Waals surface area contributed by atoms with Crippen molar-refractivity contribution < 1.29 is 61.6 Å². The Hall–Kier alpha value is -0.480. The van der Waals surface area contributed by atoms with Gasteiger partial charge in [0.1, 0.15) is 0 Å². The molecule has 0 radical (unpaired) electrons. The first-order chi connectivity index (χ1) is 12.5. The van der Waals surface area contributed by atoms with E-state index in [1.807, 2.05) is 12.6 Å². The minimum Gasteiger partial charge on any atom is -0.281 e. The molecule has 0 aliphatic heterocycles. The molecule has 1 N–H and O–H groups in total. The van der Waals surface area contributed by atoms with Crippen molar-refractivity contribution in [2.75, 3.05) is 0 Å². The van der Waals surface area contributed by atoms with E-state index < -0.39 is 55.0 Å². The summed E-state index contributed by atoms with van der Waals surface area (Å²) >= 11 is 1.94. The van der Waals surface area contributed by atoms with Gasteiger partial charge in [0, 0.05) is 10.8 Å². The number of alkyl halides is 10. The molecule has 16 heteroatoms. The molecule has 0 saturated carbocycles. The van der Waals surface area contributed by atoms with Crippen LogP contribution in [0.3, 0.4) is 0 Å². The zero-order valence-corrected chi connectivity index (χ0v) is 18.0. The van der Waals surface area contributed by atoms with Crippen LogP contribution in [0.2, 0.25) is 0 Å². The second-order valence-corrected chi connectivity index (χ2v) is 10.5. The van der Waals surface area contributed by atoms with Crippen LogP contribution in [-0.2, 0) is 14.9 Å². The van der Waals surface area contributed by atoms with Crippen LogP contribution >= 0.6 is 12.6 Å². The minimum atomic E-state index is -7.27. The Morgan fingerprint density at radius 1 is 0.733 bits per heavy atom. The van der Waals surface area contributed by atoms with E-state index >= 15 is 4.39 Å². The molecule has 0 aromatic carbocycles. The van der Waals surface area contributed by atoms with Crippen molar-refractivity contribution in [2.24, 2.45) is 10.8 Å². The van der Waals surface area contributed by atoms with Crippen molar-refractivity contribution in [3.05, 3.63) is 0 Å². The number of thiol groups is 1. The van der Waals surface area contributed by atoms with E-state index in [1.165, 1.54) is 0 Å². The van der Waals surface area contributed by atoms with Crippen molar-refractivity contribution in [1.29, 1.82) is 0 Å². The predicted molar refractivity (Wildman–Crippen MR) is 88.0 cm³/mol. The third-order valence-corrected chi connectivity index (χ3v) is 5.36. The fourth-order valence-electron chi connectivity index (χ4n) is 2.32. The van der Waals surface area contributed by atoms with Crippen LogP contribution in [-0.4, -0.2) is 47.0 Å². The number of hydrogen-bond acceptors (Lipinski definition) is 4. The molecule has 0 aliphatic carbocycles. The second kappa shape index (κ2) is 7.27. The van der Waals surface area contributed by atoms with Gasteiger partial charge < -0.3 is 0 Å². The molecule has 30 heavy (non-hydrogen) atoms. The van der Waals surface area contributed by atoms with Crippen molar-refractivity contribution in [2.45, 2.75) is 75.6 Å². The summed E-state index contributed by atoms with van der Waals surface area (Å²) in [6.07, 6.45) is -6.53. The molecule has 0 amide bonds. The van der Waals surface area contributed by atoms with Gasteiger partial charge in [0.05, 0.1) is 0 Å². The first-order valence-electron chi connectivity index (χ1n) is 7.74. The highest BCUT2D eigenvalue weighted by molar-refractivity contribution is 7.87. The lowest BCUT2D eigenvalue weighted by molar-refractivity contribution is -0.464. The molecule has 182 valence electrons. The lowest BCUT2D eigenvalue weighted by atomic mass is 9.66. The number of halogens is 10. The van der Waals surface area contributed by atoms with Gasteiger partial charge in [-0.25, -0.2) is 13.2 Å². The summed E-state index contributed by atoms with van der Waals surface area (Å²) in [5.41, 5.74) is -11.2. The lowest BCUT2D eigenvalue weighted by Crippen LogP contribution is -2.72. The third kappa shape index (κ3) is 4.12. The van der Waals surface area contributed by atoms with Crippen molar-refractivity contribution in [1.82, 2.24) is 0 Å². The molecule has 0 heterocycles. The molecule has 2 atom stereocenters. The molecule has 0 rings (SSSR count). The van der Waals surface area contributed by atoms with Crippen molar-refractivity contribution >= 4 is 22.7 Å². The summed E-state index contributed by atoms with van der Waals surface area (Å²) in [7, 11) is -7.27. The topological polar surface area (TPSA) is 63.6 Å². The molecule has 0 spiro atoms. The van der Waals surface area contributed by atoms with E-state index in [9.17, 15) is 47.9 Å². The van der Waals surface area contributed by atoms with Gasteiger partial charge in [-0.1, -0.05) is 54.2 Å². The van der Waals surface area contributed by atoms with Crippen LogP contribution in [0.15, 0.2) is 0 Å². The quantitative estimate of drug-likeness (QED) is 0.264. The van der Waals surface area contributed by atoms with Crippen LogP contribution in [0.5, 0.6) is 0 Å². The maximum atomic E-state index is 15.4. The van der Waals surface area contributed by atoms with Crippen LogP contribution < -0.4 is 0 Å². The largest absolute Gasteiger partial charge is 0.434 e. The minimum absolute atomic E-state index is 0.379. The van der Waals surface area contributed by atoms with E-state index in [-0.39, 0.29) is 0 Å². The monoisotopic (exact) mass is 506 g/mol. The average molecular weight is 506 g/mol. The molecule has 0 saturated heterocycles. The summed E-state index contributed by atoms with van der Waals surface area (Å²) in [5.74, 6) is -12.1. The van der Waals surface area contributed by atoms with Crippen molar-refractivity contribution in [3.63, 3.8) is 0 Å². The van der Waals surface area contributed by atoms with Crippen LogP contribution in [0, 0.1) is 10.8 Å². The highest BCUT2D eigenvalue weighted by atomic mass is 32.2. The zero-order valence-electron chi connectivity index (χ0n) is 16.3. The van der Waals surface area contributed by atoms with Crippen molar-refractivity contribution in [3.8, 4) is 0 Å².